The minimum atomic E-state index is -3.33. The van der Waals surface area contributed by atoms with Gasteiger partial charge in [0.05, 0.1) is 17.9 Å². The van der Waals surface area contributed by atoms with Crippen molar-refractivity contribution in [3.05, 3.63) is 35.4 Å². The Morgan fingerprint density at radius 2 is 2.00 bits per heavy atom. The zero-order valence-electron chi connectivity index (χ0n) is 12.1. The molecule has 0 fully saturated rings. The summed E-state index contributed by atoms with van der Waals surface area (Å²) in [6.45, 7) is 0.245. The van der Waals surface area contributed by atoms with E-state index in [-0.39, 0.29) is 24.7 Å². The van der Waals surface area contributed by atoms with Crippen molar-refractivity contribution in [1.29, 1.82) is 0 Å². The summed E-state index contributed by atoms with van der Waals surface area (Å²) in [6.07, 6.45) is 0. The molecule has 1 aromatic rings. The molecule has 0 aliphatic carbocycles. The van der Waals surface area contributed by atoms with Gasteiger partial charge in [-0.2, -0.15) is 0 Å². The quantitative estimate of drug-likeness (QED) is 0.725. The molecule has 1 amide bonds. The van der Waals surface area contributed by atoms with Crippen molar-refractivity contribution >= 4 is 15.9 Å². The van der Waals surface area contributed by atoms with E-state index in [0.29, 0.717) is 11.1 Å². The molecule has 0 heterocycles. The highest BCUT2D eigenvalue weighted by molar-refractivity contribution is 7.89. The molecule has 114 valence electrons. The van der Waals surface area contributed by atoms with Crippen molar-refractivity contribution in [3.63, 3.8) is 0 Å². The first-order chi connectivity index (χ1) is 9.88. The lowest BCUT2D eigenvalue weighted by Crippen LogP contribution is -2.34. The monoisotopic (exact) mass is 309 g/mol. The van der Waals surface area contributed by atoms with E-state index in [1.54, 1.807) is 24.3 Å². The van der Waals surface area contributed by atoms with E-state index in [1.807, 2.05) is 0 Å². The topological polar surface area (TPSA) is 92.5 Å². The van der Waals surface area contributed by atoms with Crippen LogP contribution in [0.5, 0.6) is 0 Å². The Bertz CT molecular complexity index is 658. The highest BCUT2D eigenvalue weighted by Crippen LogP contribution is 2.07. The number of hydrogen-bond acceptors (Lipinski definition) is 4. The van der Waals surface area contributed by atoms with E-state index in [0.717, 1.165) is 4.31 Å². The van der Waals surface area contributed by atoms with Crippen LogP contribution in [0.15, 0.2) is 24.3 Å². The lowest BCUT2D eigenvalue weighted by molar-refractivity contribution is 0.0956. The maximum Gasteiger partial charge on any atom is 0.252 e. The molecule has 3 N–H and O–H groups in total. The zero-order valence-corrected chi connectivity index (χ0v) is 12.9. The summed E-state index contributed by atoms with van der Waals surface area (Å²) in [7, 11) is -0.420. The molecule has 0 radical (unpaired) electrons. The maximum absolute atomic E-state index is 12.1. The molecule has 1 rings (SSSR count). The molecule has 0 bridgehead atoms. The number of nitrogens with one attached hydrogen (secondary N) is 1. The summed E-state index contributed by atoms with van der Waals surface area (Å²) in [5, 5.41) is 2.58. The molecule has 0 unspecified atom stereocenters. The number of nitrogens with zero attached hydrogens (tertiary/aromatic N) is 1. The number of nitrogens with two attached hydrogens (primary N) is 1. The predicted octanol–water partition coefficient (Wildman–Crippen LogP) is -0.382. The van der Waals surface area contributed by atoms with Gasteiger partial charge in [0, 0.05) is 26.2 Å². The molecule has 1 aromatic carbocycles. The fraction of sp³-hybridized carbons (Fsp3) is 0.357. The van der Waals surface area contributed by atoms with E-state index >= 15 is 0 Å². The van der Waals surface area contributed by atoms with Gasteiger partial charge in [0.2, 0.25) is 10.0 Å². The average Bonchev–Trinajstić information content (AvgIpc) is 2.45. The van der Waals surface area contributed by atoms with Crippen LogP contribution in [0.25, 0.3) is 0 Å². The van der Waals surface area contributed by atoms with Crippen molar-refractivity contribution < 1.29 is 13.2 Å². The molecular weight excluding hydrogens is 290 g/mol. The first-order valence-electron chi connectivity index (χ1n) is 6.35. The second-order valence-corrected chi connectivity index (χ2v) is 6.71. The smallest absolute Gasteiger partial charge is 0.252 e. The second kappa shape index (κ2) is 7.78. The van der Waals surface area contributed by atoms with Crippen LogP contribution in [-0.4, -0.2) is 51.6 Å². The normalized spacial score (nSPS) is 10.9. The third-order valence-electron chi connectivity index (χ3n) is 2.70. The van der Waals surface area contributed by atoms with Crippen LogP contribution < -0.4 is 11.1 Å². The number of amides is 1. The lowest BCUT2D eigenvalue weighted by atomic mass is 10.1. The number of sulfonamides is 1. The third-order valence-corrected chi connectivity index (χ3v) is 4.53. The Labute approximate surface area is 125 Å². The summed E-state index contributed by atoms with van der Waals surface area (Å²) in [6, 6.07) is 6.84. The standard InChI is InChI=1S/C14H19N3O3S/c1-17(2)21(19,20)11-10-16-14(18)13-8-4-3-6-12(13)7-5-9-15/h3-4,6,8H,9-11,15H2,1-2H3,(H,16,18). The first-order valence-corrected chi connectivity index (χ1v) is 7.96. The van der Waals surface area contributed by atoms with E-state index in [1.165, 1.54) is 14.1 Å². The van der Waals surface area contributed by atoms with Gasteiger partial charge in [-0.25, -0.2) is 12.7 Å². The zero-order chi connectivity index (χ0) is 15.9. The van der Waals surface area contributed by atoms with Crippen LogP contribution in [-0.2, 0) is 10.0 Å². The fourth-order valence-electron chi connectivity index (χ4n) is 1.51. The second-order valence-electron chi connectivity index (χ2n) is 4.41. The Kier molecular flexibility index (Phi) is 6.37. The predicted molar refractivity (Wildman–Crippen MR) is 82.2 cm³/mol. The number of rotatable bonds is 5. The number of carbonyl (C=O) groups is 1. The largest absolute Gasteiger partial charge is 0.351 e. The maximum atomic E-state index is 12.1. The number of benzene rings is 1. The summed E-state index contributed by atoms with van der Waals surface area (Å²) in [5.74, 6) is 5.00. The number of carbonyl (C=O) groups excluding carboxylic acids is 1. The van der Waals surface area contributed by atoms with E-state index < -0.39 is 10.0 Å². The summed E-state index contributed by atoms with van der Waals surface area (Å²) >= 11 is 0. The third kappa shape index (κ3) is 5.19. The molecule has 0 spiro atoms. The van der Waals surface area contributed by atoms with Crippen LogP contribution in [0.1, 0.15) is 15.9 Å². The van der Waals surface area contributed by atoms with Crippen LogP contribution >= 0.6 is 0 Å². The summed E-state index contributed by atoms with van der Waals surface area (Å²) in [5.41, 5.74) is 6.28. The molecule has 0 aliphatic heterocycles. The Balaban J connectivity index is 2.73. The molecule has 0 aliphatic rings. The molecule has 0 atom stereocenters. The van der Waals surface area contributed by atoms with E-state index in [2.05, 4.69) is 17.2 Å². The Morgan fingerprint density at radius 1 is 1.33 bits per heavy atom. The summed E-state index contributed by atoms with van der Waals surface area (Å²) < 4.78 is 24.3. The first kappa shape index (κ1) is 17.2. The molecule has 6 nitrogen and oxygen atoms in total. The van der Waals surface area contributed by atoms with Gasteiger partial charge in [-0.1, -0.05) is 24.0 Å². The van der Waals surface area contributed by atoms with Crippen molar-refractivity contribution in [2.24, 2.45) is 5.73 Å². The van der Waals surface area contributed by atoms with Gasteiger partial charge in [0.15, 0.2) is 0 Å². The van der Waals surface area contributed by atoms with Gasteiger partial charge in [0.25, 0.3) is 5.91 Å². The molecular formula is C14H19N3O3S. The highest BCUT2D eigenvalue weighted by atomic mass is 32.2. The number of hydrogen-bond donors (Lipinski definition) is 2. The van der Waals surface area contributed by atoms with Gasteiger partial charge in [-0.05, 0) is 12.1 Å². The molecule has 0 saturated carbocycles. The lowest BCUT2D eigenvalue weighted by Gasteiger charge is -2.12. The van der Waals surface area contributed by atoms with E-state index in [9.17, 15) is 13.2 Å². The van der Waals surface area contributed by atoms with E-state index in [4.69, 9.17) is 5.73 Å². The van der Waals surface area contributed by atoms with Gasteiger partial charge in [-0.3, -0.25) is 4.79 Å². The van der Waals surface area contributed by atoms with Crippen LogP contribution in [0.3, 0.4) is 0 Å². The fourth-order valence-corrected chi connectivity index (χ4v) is 2.23. The van der Waals surface area contributed by atoms with Crippen molar-refractivity contribution in [1.82, 2.24) is 9.62 Å². The minimum Gasteiger partial charge on any atom is -0.351 e. The van der Waals surface area contributed by atoms with Crippen molar-refractivity contribution in [2.45, 2.75) is 0 Å². The van der Waals surface area contributed by atoms with Crippen LogP contribution in [0.4, 0.5) is 0 Å². The highest BCUT2D eigenvalue weighted by Gasteiger charge is 2.15. The van der Waals surface area contributed by atoms with Crippen LogP contribution in [0, 0.1) is 11.8 Å². The molecule has 0 aromatic heterocycles. The van der Waals surface area contributed by atoms with Gasteiger partial charge < -0.3 is 11.1 Å². The molecule has 7 heteroatoms. The van der Waals surface area contributed by atoms with Gasteiger partial charge in [0.1, 0.15) is 0 Å². The Hall–Kier alpha value is -1.88. The van der Waals surface area contributed by atoms with Crippen molar-refractivity contribution in [3.8, 4) is 11.8 Å². The SMILES string of the molecule is CN(C)S(=O)(=O)CCNC(=O)c1ccccc1C#CCN. The van der Waals surface area contributed by atoms with Gasteiger partial charge >= 0.3 is 0 Å². The average molecular weight is 309 g/mol. The Morgan fingerprint density at radius 3 is 2.62 bits per heavy atom. The molecule has 21 heavy (non-hydrogen) atoms. The minimum absolute atomic E-state index is 0.0397. The summed E-state index contributed by atoms with van der Waals surface area (Å²) in [4.78, 5) is 12.1. The van der Waals surface area contributed by atoms with Crippen molar-refractivity contribution in [2.75, 3.05) is 32.9 Å². The van der Waals surface area contributed by atoms with Gasteiger partial charge in [-0.15, -0.1) is 0 Å². The molecule has 0 saturated heterocycles. The van der Waals surface area contributed by atoms with Crippen LogP contribution in [0.2, 0.25) is 0 Å².